The molecule has 9 heteroatoms. The van der Waals surface area contributed by atoms with E-state index in [0.717, 1.165) is 37.0 Å². The minimum Gasteiger partial charge on any atom is -0.352 e. The zero-order chi connectivity index (χ0) is 23.7. The normalized spacial score (nSPS) is 15.7. The number of benzene rings is 1. The van der Waals surface area contributed by atoms with Crippen LogP contribution < -0.4 is 10.0 Å². The molecule has 0 unspecified atom stereocenters. The molecule has 2 amide bonds. The number of nitrogens with zero attached hydrogens (tertiary/aromatic N) is 1. The fraction of sp³-hybridized carbons (Fsp3) is 0.500. The van der Waals surface area contributed by atoms with Gasteiger partial charge in [0.25, 0.3) is 0 Å². The van der Waals surface area contributed by atoms with Crippen molar-refractivity contribution in [3.8, 4) is 0 Å². The molecule has 1 fully saturated rings. The molecule has 0 spiro atoms. The first-order valence-electron chi connectivity index (χ1n) is 11.6. The van der Waals surface area contributed by atoms with Crippen LogP contribution in [0.3, 0.4) is 0 Å². The number of sulfonamides is 1. The zero-order valence-corrected chi connectivity index (χ0v) is 20.7. The van der Waals surface area contributed by atoms with Gasteiger partial charge >= 0.3 is 0 Å². The summed E-state index contributed by atoms with van der Waals surface area (Å²) in [6, 6.07) is 11.3. The molecule has 1 heterocycles. The van der Waals surface area contributed by atoms with Gasteiger partial charge in [-0.2, -0.15) is 0 Å². The average Bonchev–Trinajstić information content (AvgIpc) is 3.34. The van der Waals surface area contributed by atoms with E-state index in [2.05, 4.69) is 10.0 Å². The van der Waals surface area contributed by atoms with Crippen LogP contribution in [-0.2, 0) is 26.2 Å². The lowest BCUT2D eigenvalue weighted by Gasteiger charge is -2.33. The van der Waals surface area contributed by atoms with Gasteiger partial charge in [0, 0.05) is 10.9 Å². The molecule has 1 atom stereocenters. The van der Waals surface area contributed by atoms with Gasteiger partial charge in [-0.1, -0.05) is 56.9 Å². The lowest BCUT2D eigenvalue weighted by molar-refractivity contribution is -0.141. The maximum absolute atomic E-state index is 13.3. The molecule has 2 aromatic rings. The lowest BCUT2D eigenvalue weighted by Crippen LogP contribution is -2.53. The Balaban J connectivity index is 1.76. The van der Waals surface area contributed by atoms with E-state index in [4.69, 9.17) is 0 Å². The third-order valence-corrected chi connectivity index (χ3v) is 8.16. The number of hydrogen-bond donors (Lipinski definition) is 2. The molecule has 180 valence electrons. The summed E-state index contributed by atoms with van der Waals surface area (Å²) in [6.45, 7) is 1.85. The van der Waals surface area contributed by atoms with Gasteiger partial charge in [0.1, 0.15) is 6.04 Å². The highest BCUT2D eigenvalue weighted by atomic mass is 32.2. The molecule has 0 saturated heterocycles. The molecule has 0 radical (unpaired) electrons. The molecule has 1 aliphatic rings. The Morgan fingerprint density at radius 2 is 1.82 bits per heavy atom. The van der Waals surface area contributed by atoms with E-state index in [0.29, 0.717) is 6.42 Å². The van der Waals surface area contributed by atoms with Crippen LogP contribution in [0.15, 0.2) is 52.7 Å². The summed E-state index contributed by atoms with van der Waals surface area (Å²) in [5.41, 5.74) is 0. The van der Waals surface area contributed by atoms with Gasteiger partial charge in [-0.05, 0) is 42.8 Å². The highest BCUT2D eigenvalue weighted by Gasteiger charge is 2.31. The fourth-order valence-corrected chi connectivity index (χ4v) is 5.83. The highest BCUT2D eigenvalue weighted by Crippen LogP contribution is 2.20. The topological polar surface area (TPSA) is 95.6 Å². The molecule has 0 aliphatic heterocycles. The SMILES string of the molecule is CCC[C@@H](C(=O)NC1CCCCC1)N(Cc1cccs1)C(=O)CNS(=O)(=O)c1ccccc1. The molecule has 33 heavy (non-hydrogen) atoms. The number of rotatable bonds is 11. The maximum Gasteiger partial charge on any atom is 0.243 e. The first-order valence-corrected chi connectivity index (χ1v) is 13.9. The Bertz CT molecular complexity index is 988. The summed E-state index contributed by atoms with van der Waals surface area (Å²) < 4.78 is 27.6. The second-order valence-electron chi connectivity index (χ2n) is 8.39. The molecular weight excluding hydrogens is 458 g/mol. The summed E-state index contributed by atoms with van der Waals surface area (Å²) in [7, 11) is -3.83. The van der Waals surface area contributed by atoms with E-state index in [1.807, 2.05) is 24.4 Å². The molecule has 1 aromatic heterocycles. The van der Waals surface area contributed by atoms with Gasteiger partial charge in [0.15, 0.2) is 0 Å². The van der Waals surface area contributed by atoms with E-state index < -0.39 is 28.5 Å². The van der Waals surface area contributed by atoms with Gasteiger partial charge < -0.3 is 10.2 Å². The standard InChI is InChI=1S/C24H33N3O4S2/c1-2-10-22(24(29)26-19-11-5-3-6-12-19)27(18-20-13-9-16-32-20)23(28)17-25-33(30,31)21-14-7-4-8-15-21/h4,7-9,13-16,19,22,25H,2-3,5-6,10-12,17-18H2,1H3,(H,26,29)/t22-/m0/s1. The first kappa shape index (κ1) is 25.4. The summed E-state index contributed by atoms with van der Waals surface area (Å²) in [6.07, 6.45) is 6.55. The Hall–Kier alpha value is -2.23. The smallest absolute Gasteiger partial charge is 0.243 e. The molecule has 7 nitrogen and oxygen atoms in total. The van der Waals surface area contributed by atoms with Gasteiger partial charge in [0.2, 0.25) is 21.8 Å². The second kappa shape index (κ2) is 12.3. The van der Waals surface area contributed by atoms with Crippen molar-refractivity contribution in [3.05, 3.63) is 52.7 Å². The zero-order valence-electron chi connectivity index (χ0n) is 19.0. The van der Waals surface area contributed by atoms with E-state index >= 15 is 0 Å². The predicted molar refractivity (Wildman–Crippen MR) is 130 cm³/mol. The fourth-order valence-electron chi connectivity index (χ4n) is 4.13. The van der Waals surface area contributed by atoms with Crippen LogP contribution in [0.25, 0.3) is 0 Å². The number of carbonyl (C=O) groups excluding carboxylic acids is 2. The number of hydrogen-bond acceptors (Lipinski definition) is 5. The van der Waals surface area contributed by atoms with Crippen molar-refractivity contribution in [1.82, 2.24) is 14.9 Å². The second-order valence-corrected chi connectivity index (χ2v) is 11.2. The van der Waals surface area contributed by atoms with Gasteiger partial charge in [-0.3, -0.25) is 9.59 Å². The summed E-state index contributed by atoms with van der Waals surface area (Å²) >= 11 is 1.51. The molecular formula is C24H33N3O4S2. The minimum atomic E-state index is -3.83. The van der Waals surface area contributed by atoms with E-state index in [1.165, 1.54) is 34.8 Å². The van der Waals surface area contributed by atoms with Crippen LogP contribution in [0.5, 0.6) is 0 Å². The Morgan fingerprint density at radius 3 is 2.45 bits per heavy atom. The summed E-state index contributed by atoms with van der Waals surface area (Å²) in [5.74, 6) is -0.570. The quantitative estimate of drug-likeness (QED) is 0.501. The maximum atomic E-state index is 13.3. The van der Waals surface area contributed by atoms with Crippen molar-refractivity contribution in [2.24, 2.45) is 0 Å². The highest BCUT2D eigenvalue weighted by molar-refractivity contribution is 7.89. The first-order chi connectivity index (χ1) is 15.9. The van der Waals surface area contributed by atoms with Crippen molar-refractivity contribution in [2.75, 3.05) is 6.54 Å². The Labute approximate surface area is 200 Å². The van der Waals surface area contributed by atoms with Crippen LogP contribution in [0, 0.1) is 0 Å². The van der Waals surface area contributed by atoms with Crippen molar-refractivity contribution in [3.63, 3.8) is 0 Å². The number of amides is 2. The van der Waals surface area contributed by atoms with E-state index in [-0.39, 0.29) is 23.4 Å². The summed E-state index contributed by atoms with van der Waals surface area (Å²) in [4.78, 5) is 29.1. The van der Waals surface area contributed by atoms with Gasteiger partial charge in [-0.15, -0.1) is 11.3 Å². The van der Waals surface area contributed by atoms with Crippen LogP contribution >= 0.6 is 11.3 Å². The third-order valence-electron chi connectivity index (χ3n) is 5.89. The number of thiophene rings is 1. The van der Waals surface area contributed by atoms with Crippen LogP contribution in [-0.4, -0.2) is 43.8 Å². The number of nitrogens with one attached hydrogen (secondary N) is 2. The third kappa shape index (κ3) is 7.38. The van der Waals surface area contributed by atoms with E-state index in [9.17, 15) is 18.0 Å². The van der Waals surface area contributed by atoms with Crippen molar-refractivity contribution in [2.45, 2.75) is 75.4 Å². The Morgan fingerprint density at radius 1 is 1.09 bits per heavy atom. The van der Waals surface area contributed by atoms with Crippen molar-refractivity contribution in [1.29, 1.82) is 0 Å². The molecule has 1 aliphatic carbocycles. The average molecular weight is 492 g/mol. The van der Waals surface area contributed by atoms with Crippen molar-refractivity contribution >= 4 is 33.2 Å². The molecule has 2 N–H and O–H groups in total. The largest absolute Gasteiger partial charge is 0.352 e. The molecule has 0 bridgehead atoms. The Kier molecular flexibility index (Phi) is 9.46. The molecule has 3 rings (SSSR count). The molecule has 1 aromatic carbocycles. The van der Waals surface area contributed by atoms with Crippen LogP contribution in [0.1, 0.15) is 56.7 Å². The minimum absolute atomic E-state index is 0.0998. The summed E-state index contributed by atoms with van der Waals surface area (Å²) in [5, 5.41) is 5.07. The van der Waals surface area contributed by atoms with Gasteiger partial charge in [0.05, 0.1) is 18.0 Å². The lowest BCUT2D eigenvalue weighted by atomic mass is 9.95. The molecule has 1 saturated carbocycles. The van der Waals surface area contributed by atoms with Crippen LogP contribution in [0.2, 0.25) is 0 Å². The van der Waals surface area contributed by atoms with Gasteiger partial charge in [-0.25, -0.2) is 13.1 Å². The van der Waals surface area contributed by atoms with E-state index in [1.54, 1.807) is 18.2 Å². The van der Waals surface area contributed by atoms with Crippen molar-refractivity contribution < 1.29 is 18.0 Å². The monoisotopic (exact) mass is 491 g/mol. The predicted octanol–water partition coefficient (Wildman–Crippen LogP) is 3.67. The number of carbonyl (C=O) groups is 2. The van der Waals surface area contributed by atoms with Crippen LogP contribution in [0.4, 0.5) is 0 Å².